The highest BCUT2D eigenvalue weighted by Gasteiger charge is 2.45. The van der Waals surface area contributed by atoms with Gasteiger partial charge in [0.15, 0.2) is 17.9 Å². The van der Waals surface area contributed by atoms with E-state index in [9.17, 15) is 9.59 Å². The van der Waals surface area contributed by atoms with Gasteiger partial charge in [-0.1, -0.05) is 64.7 Å². The Bertz CT molecular complexity index is 1480. The number of guanidine groups is 3. The summed E-state index contributed by atoms with van der Waals surface area (Å²) < 4.78 is 11.5. The number of hydrogen-bond donors (Lipinski definition) is 4. The number of nitrogens with zero attached hydrogens (tertiary/aromatic N) is 5. The lowest BCUT2D eigenvalue weighted by Gasteiger charge is -2.42. The molecule has 0 aliphatic carbocycles. The fraction of sp³-hybridized carbons (Fsp3) is 0.780. The second-order valence-electron chi connectivity index (χ2n) is 16.3. The zero-order valence-electron chi connectivity index (χ0n) is 33.3. The van der Waals surface area contributed by atoms with Gasteiger partial charge in [-0.15, -0.1) is 0 Å². The van der Waals surface area contributed by atoms with Crippen LogP contribution in [0.4, 0.5) is 0 Å². The highest BCUT2D eigenvalue weighted by molar-refractivity contribution is 5.96. The number of esters is 2. The third-order valence-corrected chi connectivity index (χ3v) is 12.2. The smallest absolute Gasteiger partial charge is 0.337 e. The molecule has 6 aliphatic heterocycles. The van der Waals surface area contributed by atoms with E-state index in [4.69, 9.17) is 30.9 Å². The lowest BCUT2D eigenvalue weighted by Crippen LogP contribution is -2.56. The van der Waals surface area contributed by atoms with Crippen LogP contribution < -0.4 is 22.1 Å². The fourth-order valence-electron chi connectivity index (χ4n) is 9.46. The van der Waals surface area contributed by atoms with Crippen LogP contribution in [0.5, 0.6) is 0 Å². The molecule has 0 radical (unpaired) electrons. The monoisotopic (exact) mass is 750 g/mol. The maximum absolute atomic E-state index is 13.3. The number of carbonyl (C=O) groups excluding carboxylic acids is 2. The number of ether oxygens (including phenoxy) is 2. The van der Waals surface area contributed by atoms with E-state index in [1.54, 1.807) is 0 Å². The Morgan fingerprint density at radius 3 is 1.67 bits per heavy atom. The van der Waals surface area contributed by atoms with Crippen LogP contribution in [-0.4, -0.2) is 95.6 Å². The molecule has 4 fully saturated rings. The molecule has 0 aromatic carbocycles. The van der Waals surface area contributed by atoms with Gasteiger partial charge >= 0.3 is 11.9 Å². The van der Waals surface area contributed by atoms with Crippen molar-refractivity contribution in [3.63, 3.8) is 0 Å². The number of rotatable bonds is 21. The van der Waals surface area contributed by atoms with Crippen molar-refractivity contribution in [3.8, 4) is 0 Å². The standard InChI is InChI=1S/C41H67N9O4/c1-4-5-6-8-11-16-29-25-31-18-20-33-35(27(2)45-40(47-29)49(31)33)37(51)53-23-14-10-7-9-12-17-30-26-32-19-21-34-36(28(3)46-41(48-30)50(32)34)38(52)54-24-15-13-22-44-39(42)43/h27-32H,4-26H2,1-3H3,(H,45,47)(H,46,48)(H4,42,43,44)/t27?,28?,29-,30-,31+,32+/m1/s1. The summed E-state index contributed by atoms with van der Waals surface area (Å²) in [4.78, 5) is 44.9. The number of nitrogens with two attached hydrogens (primary N) is 2. The quantitative estimate of drug-likeness (QED) is 0.0508. The van der Waals surface area contributed by atoms with Gasteiger partial charge in [-0.05, 0) is 84.5 Å². The van der Waals surface area contributed by atoms with Gasteiger partial charge in [-0.3, -0.25) is 4.99 Å². The zero-order valence-corrected chi connectivity index (χ0v) is 33.3. The first-order chi connectivity index (χ1) is 26.2. The number of hydrogen-bond acceptors (Lipinski definition) is 11. The van der Waals surface area contributed by atoms with Crippen molar-refractivity contribution in [2.75, 3.05) is 19.8 Å². The van der Waals surface area contributed by atoms with Crippen LogP contribution in [-0.2, 0) is 19.1 Å². The Balaban J connectivity index is 0.862. The number of unbranched alkanes of at least 4 members (excludes halogenated alkanes) is 9. The molecule has 13 heteroatoms. The molecule has 0 aromatic heterocycles. The third kappa shape index (κ3) is 9.72. The van der Waals surface area contributed by atoms with Crippen molar-refractivity contribution in [1.29, 1.82) is 0 Å². The van der Waals surface area contributed by atoms with E-state index in [0.717, 1.165) is 112 Å². The van der Waals surface area contributed by atoms with E-state index in [-0.39, 0.29) is 30.0 Å². The molecule has 6 atom stereocenters. The van der Waals surface area contributed by atoms with Gasteiger partial charge < -0.3 is 41.4 Å². The first kappa shape index (κ1) is 39.9. The summed E-state index contributed by atoms with van der Waals surface area (Å²) in [6, 6.07) is 1.28. The minimum atomic E-state index is -0.257. The predicted octanol–water partition coefficient (Wildman–Crippen LogP) is 5.50. The number of allylic oxidation sites excluding steroid dienone is 2. The summed E-state index contributed by atoms with van der Waals surface area (Å²) in [6.45, 7) is 7.63. The molecule has 300 valence electrons. The Hall–Kier alpha value is -3.77. The predicted molar refractivity (Wildman–Crippen MR) is 214 cm³/mol. The highest BCUT2D eigenvalue weighted by atomic mass is 16.5. The molecule has 0 spiro atoms. The average Bonchev–Trinajstić information content (AvgIpc) is 3.76. The minimum Gasteiger partial charge on any atom is -0.462 e. The van der Waals surface area contributed by atoms with Crippen LogP contribution in [0.15, 0.2) is 37.5 Å². The van der Waals surface area contributed by atoms with Crippen molar-refractivity contribution in [2.24, 2.45) is 26.4 Å². The summed E-state index contributed by atoms with van der Waals surface area (Å²) in [5.74, 6) is 1.54. The topological polar surface area (TPSA) is 172 Å². The molecule has 13 nitrogen and oxygen atoms in total. The first-order valence-corrected chi connectivity index (χ1v) is 21.4. The minimum absolute atomic E-state index is 0.0825. The van der Waals surface area contributed by atoms with Crippen molar-refractivity contribution in [3.05, 3.63) is 22.5 Å². The molecule has 54 heavy (non-hydrogen) atoms. The maximum Gasteiger partial charge on any atom is 0.337 e. The van der Waals surface area contributed by atoms with Crippen molar-refractivity contribution in [1.82, 2.24) is 20.4 Å². The van der Waals surface area contributed by atoms with Crippen LogP contribution in [0.2, 0.25) is 0 Å². The van der Waals surface area contributed by atoms with Gasteiger partial charge in [0.05, 0.1) is 36.4 Å². The van der Waals surface area contributed by atoms with E-state index in [0.29, 0.717) is 55.9 Å². The lowest BCUT2D eigenvalue weighted by atomic mass is 9.97. The van der Waals surface area contributed by atoms with Gasteiger partial charge in [0.25, 0.3) is 0 Å². The number of carbonyl (C=O) groups is 2. The normalized spacial score (nSPS) is 26.7. The number of nitrogens with one attached hydrogen (secondary N) is 2. The molecule has 2 unspecified atom stereocenters. The Morgan fingerprint density at radius 2 is 1.17 bits per heavy atom. The summed E-state index contributed by atoms with van der Waals surface area (Å²) in [5, 5.41) is 7.43. The van der Waals surface area contributed by atoms with Gasteiger partial charge in [-0.25, -0.2) is 19.6 Å². The zero-order chi connectivity index (χ0) is 38.0. The Kier molecular flexibility index (Phi) is 14.2. The SMILES string of the molecule is CCCCCCC[C@@H]1C[C@@H]2CCC3=C(C(=O)OCCCCCCC[C@@H]4C[C@@H]5CCC6=C(C(=O)OCCCCN=C(N)N)C(C)N=C(N4)N65)C(C)N=C(N1)N32. The van der Waals surface area contributed by atoms with E-state index in [1.165, 1.54) is 38.5 Å². The van der Waals surface area contributed by atoms with E-state index < -0.39 is 0 Å². The lowest BCUT2D eigenvalue weighted by molar-refractivity contribution is -0.140. The van der Waals surface area contributed by atoms with Gasteiger partial charge in [0.2, 0.25) is 0 Å². The largest absolute Gasteiger partial charge is 0.462 e. The van der Waals surface area contributed by atoms with Crippen LogP contribution in [0.1, 0.15) is 149 Å². The summed E-state index contributed by atoms with van der Waals surface area (Å²) in [6.07, 6.45) is 21.8. The summed E-state index contributed by atoms with van der Waals surface area (Å²) >= 11 is 0. The van der Waals surface area contributed by atoms with Crippen molar-refractivity contribution < 1.29 is 19.1 Å². The Labute approximate surface area is 322 Å². The van der Waals surface area contributed by atoms with Crippen LogP contribution in [0.25, 0.3) is 0 Å². The molecule has 0 amide bonds. The molecule has 0 bridgehead atoms. The molecule has 6 rings (SSSR count). The highest BCUT2D eigenvalue weighted by Crippen LogP contribution is 2.41. The van der Waals surface area contributed by atoms with Crippen LogP contribution in [0.3, 0.4) is 0 Å². The van der Waals surface area contributed by atoms with Crippen LogP contribution in [0, 0.1) is 0 Å². The summed E-state index contributed by atoms with van der Waals surface area (Å²) in [5.41, 5.74) is 14.4. The fourth-order valence-corrected chi connectivity index (χ4v) is 9.46. The van der Waals surface area contributed by atoms with E-state index in [2.05, 4.69) is 32.3 Å². The molecular formula is C41H67N9O4. The van der Waals surface area contributed by atoms with Crippen molar-refractivity contribution >= 4 is 29.8 Å². The first-order valence-electron chi connectivity index (χ1n) is 21.4. The van der Waals surface area contributed by atoms with Crippen molar-refractivity contribution in [2.45, 2.75) is 185 Å². The Morgan fingerprint density at radius 1 is 0.704 bits per heavy atom. The van der Waals surface area contributed by atoms with E-state index in [1.807, 2.05) is 13.8 Å². The van der Waals surface area contributed by atoms with Gasteiger partial charge in [0, 0.05) is 42.1 Å². The molecule has 0 aromatic rings. The maximum atomic E-state index is 13.3. The average molecular weight is 750 g/mol. The van der Waals surface area contributed by atoms with Gasteiger partial charge in [0.1, 0.15) is 0 Å². The van der Waals surface area contributed by atoms with Gasteiger partial charge in [-0.2, -0.15) is 0 Å². The van der Waals surface area contributed by atoms with E-state index >= 15 is 0 Å². The third-order valence-electron chi connectivity index (χ3n) is 12.2. The molecule has 6 heterocycles. The molecule has 6 N–H and O–H groups in total. The molecule has 0 saturated carbocycles. The second kappa shape index (κ2) is 19.2. The van der Waals surface area contributed by atoms with Crippen LogP contribution >= 0.6 is 0 Å². The molecule has 6 aliphatic rings. The number of aliphatic imine (C=N–C) groups is 3. The summed E-state index contributed by atoms with van der Waals surface area (Å²) in [7, 11) is 0. The molecular weight excluding hydrogens is 683 g/mol. The second-order valence-corrected chi connectivity index (χ2v) is 16.3. The molecule has 4 saturated heterocycles.